The first-order chi connectivity index (χ1) is 12.9. The quantitative estimate of drug-likeness (QED) is 0.190. The van der Waals surface area contributed by atoms with Crippen LogP contribution < -0.4 is 5.32 Å². The van der Waals surface area contributed by atoms with Gasteiger partial charge in [0.1, 0.15) is 0 Å². The maximum Gasteiger partial charge on any atom is -0.00489 e. The van der Waals surface area contributed by atoms with Gasteiger partial charge in [-0.15, -0.1) is 0 Å². The van der Waals surface area contributed by atoms with E-state index in [0.717, 1.165) is 5.92 Å². The monoisotopic (exact) mass is 365 g/mol. The fraction of sp³-hybridized carbons (Fsp3) is 1.00. The summed E-state index contributed by atoms with van der Waals surface area (Å²) in [5.41, 5.74) is 0. The van der Waals surface area contributed by atoms with Crippen molar-refractivity contribution in [2.75, 3.05) is 13.1 Å². The summed E-state index contributed by atoms with van der Waals surface area (Å²) in [4.78, 5) is 0. The van der Waals surface area contributed by atoms with Gasteiger partial charge < -0.3 is 5.32 Å². The molecule has 0 unspecified atom stereocenters. The second kappa shape index (κ2) is 19.7. The normalized spacial score (nSPS) is 16.0. The summed E-state index contributed by atoms with van der Waals surface area (Å²) in [6.45, 7) is 4.80. The molecule has 0 bridgehead atoms. The van der Waals surface area contributed by atoms with Crippen LogP contribution in [0.5, 0.6) is 0 Å². The lowest BCUT2D eigenvalue weighted by atomic mass is 9.94. The van der Waals surface area contributed by atoms with E-state index in [0.29, 0.717) is 0 Å². The predicted octanol–water partition coefficient (Wildman–Crippen LogP) is 8.42. The molecule has 1 aliphatic carbocycles. The molecule has 0 spiro atoms. The van der Waals surface area contributed by atoms with Crippen LogP contribution >= 0.6 is 0 Å². The van der Waals surface area contributed by atoms with Gasteiger partial charge in [0.15, 0.2) is 0 Å². The first-order valence-corrected chi connectivity index (χ1v) is 12.6. The van der Waals surface area contributed by atoms with Crippen LogP contribution in [0.25, 0.3) is 0 Å². The molecule has 1 aliphatic rings. The molecule has 0 aromatic heterocycles. The van der Waals surface area contributed by atoms with Crippen molar-refractivity contribution in [2.45, 2.75) is 142 Å². The minimum Gasteiger partial charge on any atom is -0.317 e. The van der Waals surface area contributed by atoms with Crippen LogP contribution in [-0.4, -0.2) is 13.1 Å². The third-order valence-electron chi connectivity index (χ3n) is 6.40. The van der Waals surface area contributed by atoms with E-state index in [1.165, 1.54) is 148 Å². The van der Waals surface area contributed by atoms with Crippen molar-refractivity contribution in [2.24, 2.45) is 5.92 Å². The topological polar surface area (TPSA) is 12.0 Å². The molecular weight excluding hydrogens is 314 g/mol. The minimum atomic E-state index is 1.08. The Morgan fingerprint density at radius 2 is 1.00 bits per heavy atom. The summed E-state index contributed by atoms with van der Waals surface area (Å²) in [5, 5.41) is 3.66. The molecular formula is C25H51N. The van der Waals surface area contributed by atoms with E-state index in [9.17, 15) is 0 Å². The molecule has 0 atom stereocenters. The van der Waals surface area contributed by atoms with Gasteiger partial charge in [0.2, 0.25) is 0 Å². The molecule has 0 aromatic rings. The van der Waals surface area contributed by atoms with Gasteiger partial charge in [-0.1, -0.05) is 129 Å². The Hall–Kier alpha value is -0.0400. The van der Waals surface area contributed by atoms with Crippen molar-refractivity contribution >= 4 is 0 Å². The lowest BCUT2D eigenvalue weighted by Gasteiger charge is -2.13. The maximum atomic E-state index is 3.66. The number of hydrogen-bond acceptors (Lipinski definition) is 1. The third kappa shape index (κ3) is 16.2. The lowest BCUT2D eigenvalue weighted by Crippen LogP contribution is -2.16. The average molecular weight is 366 g/mol. The van der Waals surface area contributed by atoms with Crippen LogP contribution in [0, 0.1) is 5.92 Å². The number of unbranched alkanes of at least 4 members (excludes halogenated alkanes) is 12. The summed E-state index contributed by atoms with van der Waals surface area (Å²) in [6.07, 6.45) is 30.8. The first-order valence-electron chi connectivity index (χ1n) is 12.6. The molecule has 0 saturated heterocycles. The van der Waals surface area contributed by atoms with Crippen molar-refractivity contribution in [3.8, 4) is 0 Å². The molecule has 0 amide bonds. The Morgan fingerprint density at radius 3 is 1.54 bits per heavy atom. The molecule has 1 N–H and O–H groups in total. The fourth-order valence-corrected chi connectivity index (χ4v) is 4.55. The van der Waals surface area contributed by atoms with Gasteiger partial charge in [-0.3, -0.25) is 0 Å². The highest BCUT2D eigenvalue weighted by molar-refractivity contribution is 4.64. The largest absolute Gasteiger partial charge is 0.317 e. The average Bonchev–Trinajstić information content (AvgIpc) is 2.93. The van der Waals surface area contributed by atoms with Gasteiger partial charge in [0.05, 0.1) is 0 Å². The highest BCUT2D eigenvalue weighted by atomic mass is 14.8. The second-order valence-electron chi connectivity index (χ2n) is 8.99. The standard InChI is InChI=1S/C25H51N/c1-2-3-4-5-6-7-8-9-13-18-23-26-24-19-14-12-17-22-25-20-15-10-11-16-21-25/h25-26H,2-24H2,1H3. The summed E-state index contributed by atoms with van der Waals surface area (Å²) in [7, 11) is 0. The zero-order valence-electron chi connectivity index (χ0n) is 18.3. The summed E-state index contributed by atoms with van der Waals surface area (Å²) in [6, 6.07) is 0. The van der Waals surface area contributed by atoms with Crippen molar-refractivity contribution in [1.82, 2.24) is 5.32 Å². The molecule has 0 radical (unpaired) electrons. The molecule has 0 heterocycles. The SMILES string of the molecule is CCCCCCCCCCCCNCCCCCCC1CCCCCC1. The van der Waals surface area contributed by atoms with Crippen molar-refractivity contribution in [3.05, 3.63) is 0 Å². The van der Waals surface area contributed by atoms with Crippen molar-refractivity contribution in [3.63, 3.8) is 0 Å². The van der Waals surface area contributed by atoms with E-state index in [2.05, 4.69) is 12.2 Å². The van der Waals surface area contributed by atoms with Crippen molar-refractivity contribution < 1.29 is 0 Å². The zero-order valence-corrected chi connectivity index (χ0v) is 18.3. The first kappa shape index (κ1) is 24.0. The van der Waals surface area contributed by atoms with E-state index in [-0.39, 0.29) is 0 Å². The van der Waals surface area contributed by atoms with Crippen LogP contribution in [0.15, 0.2) is 0 Å². The second-order valence-corrected chi connectivity index (χ2v) is 8.99. The number of hydrogen-bond donors (Lipinski definition) is 1. The smallest absolute Gasteiger partial charge is 0.00489 e. The molecule has 1 heteroatoms. The van der Waals surface area contributed by atoms with Crippen molar-refractivity contribution in [1.29, 1.82) is 0 Å². The van der Waals surface area contributed by atoms with Gasteiger partial charge >= 0.3 is 0 Å². The maximum absolute atomic E-state index is 3.66. The summed E-state index contributed by atoms with van der Waals surface area (Å²) in [5.74, 6) is 1.08. The Bertz CT molecular complexity index is 255. The van der Waals surface area contributed by atoms with E-state index in [1.54, 1.807) is 0 Å². The van der Waals surface area contributed by atoms with E-state index in [1.807, 2.05) is 0 Å². The Kier molecular flexibility index (Phi) is 18.2. The Balaban J connectivity index is 1.68. The number of rotatable bonds is 18. The van der Waals surface area contributed by atoms with Gasteiger partial charge in [0, 0.05) is 0 Å². The minimum absolute atomic E-state index is 1.08. The van der Waals surface area contributed by atoms with Crippen LogP contribution in [-0.2, 0) is 0 Å². The van der Waals surface area contributed by atoms with Gasteiger partial charge in [-0.2, -0.15) is 0 Å². The van der Waals surface area contributed by atoms with Gasteiger partial charge in [0.25, 0.3) is 0 Å². The molecule has 1 rings (SSSR count). The van der Waals surface area contributed by atoms with Crippen LogP contribution in [0.2, 0.25) is 0 Å². The molecule has 1 fully saturated rings. The van der Waals surface area contributed by atoms with E-state index in [4.69, 9.17) is 0 Å². The molecule has 0 aliphatic heterocycles. The van der Waals surface area contributed by atoms with E-state index < -0.39 is 0 Å². The third-order valence-corrected chi connectivity index (χ3v) is 6.40. The number of nitrogens with one attached hydrogen (secondary N) is 1. The zero-order chi connectivity index (χ0) is 18.5. The lowest BCUT2D eigenvalue weighted by molar-refractivity contribution is 0.405. The summed E-state index contributed by atoms with van der Waals surface area (Å²) < 4.78 is 0. The Labute approximate surface area is 166 Å². The highest BCUT2D eigenvalue weighted by Crippen LogP contribution is 2.27. The molecule has 156 valence electrons. The van der Waals surface area contributed by atoms with Crippen LogP contribution in [0.4, 0.5) is 0 Å². The predicted molar refractivity (Wildman–Crippen MR) is 119 cm³/mol. The Morgan fingerprint density at radius 1 is 0.538 bits per heavy atom. The van der Waals surface area contributed by atoms with Gasteiger partial charge in [-0.05, 0) is 31.8 Å². The highest BCUT2D eigenvalue weighted by Gasteiger charge is 2.11. The van der Waals surface area contributed by atoms with E-state index >= 15 is 0 Å². The molecule has 1 saturated carbocycles. The molecule has 1 nitrogen and oxygen atoms in total. The van der Waals surface area contributed by atoms with Crippen LogP contribution in [0.3, 0.4) is 0 Å². The van der Waals surface area contributed by atoms with Crippen LogP contribution in [0.1, 0.15) is 142 Å². The van der Waals surface area contributed by atoms with Gasteiger partial charge in [-0.25, -0.2) is 0 Å². The fourth-order valence-electron chi connectivity index (χ4n) is 4.55. The molecule has 0 aromatic carbocycles. The summed E-state index contributed by atoms with van der Waals surface area (Å²) >= 11 is 0. The molecule has 26 heavy (non-hydrogen) atoms.